The molecular formula is C9H15N3. The van der Waals surface area contributed by atoms with Crippen molar-refractivity contribution in [1.29, 1.82) is 0 Å². The van der Waals surface area contributed by atoms with Crippen molar-refractivity contribution in [1.82, 2.24) is 15.5 Å². The second kappa shape index (κ2) is 3.27. The van der Waals surface area contributed by atoms with Crippen LogP contribution in [-0.2, 0) is 0 Å². The summed E-state index contributed by atoms with van der Waals surface area (Å²) < 4.78 is 0. The Kier molecular flexibility index (Phi) is 2.13. The van der Waals surface area contributed by atoms with Crippen LogP contribution in [-0.4, -0.2) is 23.3 Å². The van der Waals surface area contributed by atoms with E-state index in [0.29, 0.717) is 5.92 Å². The molecule has 1 aromatic heterocycles. The van der Waals surface area contributed by atoms with Crippen LogP contribution >= 0.6 is 0 Å². The second-order valence-corrected chi connectivity index (χ2v) is 3.51. The molecule has 1 aliphatic heterocycles. The molecule has 2 N–H and O–H groups in total. The number of piperidine rings is 1. The van der Waals surface area contributed by atoms with E-state index in [0.717, 1.165) is 6.54 Å². The van der Waals surface area contributed by atoms with Crippen LogP contribution in [0.5, 0.6) is 0 Å². The molecule has 0 spiro atoms. The van der Waals surface area contributed by atoms with E-state index in [-0.39, 0.29) is 0 Å². The van der Waals surface area contributed by atoms with Crippen molar-refractivity contribution in [2.75, 3.05) is 13.1 Å². The van der Waals surface area contributed by atoms with E-state index in [1.807, 2.05) is 6.20 Å². The average molecular weight is 165 g/mol. The van der Waals surface area contributed by atoms with E-state index in [1.54, 1.807) is 0 Å². The van der Waals surface area contributed by atoms with Crippen molar-refractivity contribution >= 4 is 0 Å². The fourth-order valence-electron chi connectivity index (χ4n) is 1.87. The number of hydrogen-bond donors (Lipinski definition) is 2. The van der Waals surface area contributed by atoms with E-state index >= 15 is 0 Å². The van der Waals surface area contributed by atoms with Crippen LogP contribution in [0.15, 0.2) is 6.20 Å². The van der Waals surface area contributed by atoms with Gasteiger partial charge in [0, 0.05) is 18.2 Å². The first-order chi connectivity index (χ1) is 5.88. The minimum absolute atomic E-state index is 0.654. The van der Waals surface area contributed by atoms with Gasteiger partial charge in [-0.15, -0.1) is 0 Å². The molecule has 1 atom stereocenters. The third-order valence-electron chi connectivity index (χ3n) is 2.57. The fraction of sp³-hybridized carbons (Fsp3) is 0.667. The quantitative estimate of drug-likeness (QED) is 0.656. The van der Waals surface area contributed by atoms with Crippen LogP contribution in [0.2, 0.25) is 0 Å². The number of hydrogen-bond acceptors (Lipinski definition) is 2. The third-order valence-corrected chi connectivity index (χ3v) is 2.57. The SMILES string of the molecule is Cc1cn[nH]c1C1CCCNC1. The molecule has 0 radical (unpaired) electrons. The van der Waals surface area contributed by atoms with Gasteiger partial charge in [0.15, 0.2) is 0 Å². The monoisotopic (exact) mass is 165 g/mol. The maximum atomic E-state index is 4.04. The molecule has 1 aromatic rings. The van der Waals surface area contributed by atoms with Gasteiger partial charge in [-0.05, 0) is 31.9 Å². The highest BCUT2D eigenvalue weighted by Gasteiger charge is 2.17. The summed E-state index contributed by atoms with van der Waals surface area (Å²) in [6.07, 6.45) is 4.48. The van der Waals surface area contributed by atoms with Crippen molar-refractivity contribution in [3.8, 4) is 0 Å². The van der Waals surface area contributed by atoms with Gasteiger partial charge in [0.2, 0.25) is 0 Å². The van der Waals surface area contributed by atoms with E-state index in [4.69, 9.17) is 0 Å². The first-order valence-corrected chi connectivity index (χ1v) is 4.58. The normalized spacial score (nSPS) is 24.2. The Morgan fingerprint density at radius 1 is 1.58 bits per heavy atom. The van der Waals surface area contributed by atoms with Crippen molar-refractivity contribution in [3.63, 3.8) is 0 Å². The molecule has 2 heterocycles. The topological polar surface area (TPSA) is 40.7 Å². The summed E-state index contributed by atoms with van der Waals surface area (Å²) in [5.74, 6) is 0.654. The maximum absolute atomic E-state index is 4.04. The Morgan fingerprint density at radius 3 is 3.08 bits per heavy atom. The Hall–Kier alpha value is -0.830. The molecule has 3 heteroatoms. The summed E-state index contributed by atoms with van der Waals surface area (Å²) in [5, 5.41) is 10.5. The lowest BCUT2D eigenvalue weighted by molar-refractivity contribution is 0.453. The zero-order chi connectivity index (χ0) is 8.39. The number of aryl methyl sites for hydroxylation is 1. The lowest BCUT2D eigenvalue weighted by Crippen LogP contribution is -2.28. The van der Waals surface area contributed by atoms with Gasteiger partial charge in [0.25, 0.3) is 0 Å². The van der Waals surface area contributed by atoms with Crippen molar-refractivity contribution < 1.29 is 0 Å². The molecule has 0 aromatic carbocycles. The minimum atomic E-state index is 0.654. The first kappa shape index (κ1) is 7.80. The van der Waals surface area contributed by atoms with E-state index < -0.39 is 0 Å². The zero-order valence-corrected chi connectivity index (χ0v) is 7.43. The fourth-order valence-corrected chi connectivity index (χ4v) is 1.87. The predicted molar refractivity (Wildman–Crippen MR) is 48.2 cm³/mol. The molecule has 66 valence electrons. The van der Waals surface area contributed by atoms with Crippen LogP contribution in [0, 0.1) is 6.92 Å². The van der Waals surface area contributed by atoms with Gasteiger partial charge < -0.3 is 5.32 Å². The Labute approximate surface area is 72.6 Å². The molecule has 1 aliphatic rings. The largest absolute Gasteiger partial charge is 0.316 e. The molecule has 1 saturated heterocycles. The third kappa shape index (κ3) is 1.37. The van der Waals surface area contributed by atoms with Gasteiger partial charge in [-0.25, -0.2) is 0 Å². The van der Waals surface area contributed by atoms with E-state index in [2.05, 4.69) is 22.4 Å². The van der Waals surface area contributed by atoms with Crippen LogP contribution < -0.4 is 5.32 Å². The van der Waals surface area contributed by atoms with Crippen molar-refractivity contribution in [2.45, 2.75) is 25.7 Å². The summed E-state index contributed by atoms with van der Waals surface area (Å²) >= 11 is 0. The molecule has 0 saturated carbocycles. The molecule has 0 amide bonds. The molecule has 0 bridgehead atoms. The Morgan fingerprint density at radius 2 is 2.50 bits per heavy atom. The minimum Gasteiger partial charge on any atom is -0.316 e. The van der Waals surface area contributed by atoms with Gasteiger partial charge in [0.1, 0.15) is 0 Å². The molecular weight excluding hydrogens is 150 g/mol. The highest BCUT2D eigenvalue weighted by molar-refractivity contribution is 5.19. The van der Waals surface area contributed by atoms with Crippen LogP contribution in [0.25, 0.3) is 0 Å². The highest BCUT2D eigenvalue weighted by atomic mass is 15.1. The Bertz CT molecular complexity index is 248. The molecule has 3 nitrogen and oxygen atoms in total. The van der Waals surface area contributed by atoms with Crippen LogP contribution in [0.1, 0.15) is 30.0 Å². The smallest absolute Gasteiger partial charge is 0.0519 e. The highest BCUT2D eigenvalue weighted by Crippen LogP contribution is 2.23. The van der Waals surface area contributed by atoms with Gasteiger partial charge in [-0.3, -0.25) is 5.10 Å². The average Bonchev–Trinajstić information content (AvgIpc) is 2.53. The molecule has 1 fully saturated rings. The van der Waals surface area contributed by atoms with Gasteiger partial charge >= 0.3 is 0 Å². The van der Waals surface area contributed by atoms with Gasteiger partial charge in [-0.2, -0.15) is 5.10 Å². The summed E-state index contributed by atoms with van der Waals surface area (Å²) in [6.45, 7) is 4.39. The standard InChI is InChI=1S/C9H15N3/c1-7-5-11-12-9(7)8-3-2-4-10-6-8/h5,8,10H,2-4,6H2,1H3,(H,11,12). The van der Waals surface area contributed by atoms with E-state index in [1.165, 1.54) is 30.6 Å². The summed E-state index contributed by atoms with van der Waals surface area (Å²) in [5.41, 5.74) is 2.62. The zero-order valence-electron chi connectivity index (χ0n) is 7.43. The van der Waals surface area contributed by atoms with Crippen molar-refractivity contribution in [2.24, 2.45) is 0 Å². The molecule has 12 heavy (non-hydrogen) atoms. The summed E-state index contributed by atoms with van der Waals surface area (Å²) in [7, 11) is 0. The van der Waals surface area contributed by atoms with Gasteiger partial charge in [-0.1, -0.05) is 0 Å². The molecule has 1 unspecified atom stereocenters. The summed E-state index contributed by atoms with van der Waals surface area (Å²) in [6, 6.07) is 0. The van der Waals surface area contributed by atoms with E-state index in [9.17, 15) is 0 Å². The molecule has 0 aliphatic carbocycles. The number of aromatic amines is 1. The lowest BCUT2D eigenvalue weighted by atomic mass is 9.94. The van der Waals surface area contributed by atoms with Crippen molar-refractivity contribution in [3.05, 3.63) is 17.5 Å². The maximum Gasteiger partial charge on any atom is 0.0519 e. The summed E-state index contributed by atoms with van der Waals surface area (Å²) in [4.78, 5) is 0. The number of rotatable bonds is 1. The Balaban J connectivity index is 2.13. The first-order valence-electron chi connectivity index (χ1n) is 4.58. The number of H-pyrrole nitrogens is 1. The lowest BCUT2D eigenvalue weighted by Gasteiger charge is -2.21. The number of aromatic nitrogens is 2. The van der Waals surface area contributed by atoms with Crippen LogP contribution in [0.3, 0.4) is 0 Å². The van der Waals surface area contributed by atoms with Gasteiger partial charge in [0.05, 0.1) is 6.20 Å². The number of nitrogens with zero attached hydrogens (tertiary/aromatic N) is 1. The number of nitrogens with one attached hydrogen (secondary N) is 2. The second-order valence-electron chi connectivity index (χ2n) is 3.51. The molecule has 2 rings (SSSR count). The van der Waals surface area contributed by atoms with Crippen LogP contribution in [0.4, 0.5) is 0 Å². The predicted octanol–water partition coefficient (Wildman–Crippen LogP) is 1.19.